The molecule has 0 unspecified atom stereocenters. The van der Waals surface area contributed by atoms with Crippen molar-refractivity contribution in [2.24, 2.45) is 0 Å². The predicted octanol–water partition coefficient (Wildman–Crippen LogP) is 1.03. The largest absolute Gasteiger partial charge is 0.326 e. The molecule has 0 heterocycles. The highest BCUT2D eigenvalue weighted by Gasteiger charge is 2.08. The fourth-order valence-electron chi connectivity index (χ4n) is 1.45. The maximum absolute atomic E-state index is 11.6. The van der Waals surface area contributed by atoms with E-state index in [-0.39, 0.29) is 10.8 Å². The average Bonchev–Trinajstić information content (AvgIpc) is 2.28. The van der Waals surface area contributed by atoms with Crippen LogP contribution in [-0.2, 0) is 14.6 Å². The van der Waals surface area contributed by atoms with Gasteiger partial charge in [-0.2, -0.15) is 0 Å². The van der Waals surface area contributed by atoms with E-state index in [0.29, 0.717) is 12.1 Å². The van der Waals surface area contributed by atoms with E-state index in [4.69, 9.17) is 0 Å². The van der Waals surface area contributed by atoms with Crippen molar-refractivity contribution in [2.75, 3.05) is 25.2 Å². The number of hydrogen-bond acceptors (Lipinski definition) is 4. The Morgan fingerprint density at radius 1 is 1.33 bits per heavy atom. The number of amides is 1. The molecule has 0 radical (unpaired) electrons. The molecule has 1 aromatic rings. The Morgan fingerprint density at radius 3 is 2.67 bits per heavy atom. The van der Waals surface area contributed by atoms with E-state index in [2.05, 4.69) is 10.6 Å². The predicted molar refractivity (Wildman–Crippen MR) is 71.3 cm³/mol. The Morgan fingerprint density at radius 2 is 2.06 bits per heavy atom. The lowest BCUT2D eigenvalue weighted by Gasteiger charge is -2.06. The highest BCUT2D eigenvalue weighted by Crippen LogP contribution is 2.15. The second-order valence-corrected chi connectivity index (χ2v) is 6.07. The van der Waals surface area contributed by atoms with E-state index in [9.17, 15) is 13.2 Å². The zero-order chi connectivity index (χ0) is 13.6. The minimum Gasteiger partial charge on any atom is -0.326 e. The van der Waals surface area contributed by atoms with Crippen molar-refractivity contribution in [2.45, 2.75) is 17.7 Å². The molecule has 2 N–H and O–H groups in total. The van der Waals surface area contributed by atoms with Crippen LogP contribution in [0.3, 0.4) is 0 Å². The highest BCUT2D eigenvalue weighted by molar-refractivity contribution is 7.90. The SMILES string of the molecule is CNCCCC(=O)Nc1cccc(S(C)(=O)=O)c1. The normalized spacial score (nSPS) is 11.2. The molecule has 6 heteroatoms. The van der Waals surface area contributed by atoms with Crippen LogP contribution in [0.2, 0.25) is 0 Å². The number of benzene rings is 1. The Kier molecular flexibility index (Phi) is 5.30. The molecular weight excluding hydrogens is 252 g/mol. The first-order valence-corrected chi connectivity index (χ1v) is 7.57. The number of hydrogen-bond donors (Lipinski definition) is 2. The Hall–Kier alpha value is -1.40. The van der Waals surface area contributed by atoms with Gasteiger partial charge >= 0.3 is 0 Å². The lowest BCUT2D eigenvalue weighted by Crippen LogP contribution is -2.15. The van der Waals surface area contributed by atoms with Gasteiger partial charge in [0.25, 0.3) is 0 Å². The van der Waals surface area contributed by atoms with Gasteiger partial charge < -0.3 is 10.6 Å². The van der Waals surface area contributed by atoms with Crippen LogP contribution in [0, 0.1) is 0 Å². The van der Waals surface area contributed by atoms with Crippen molar-refractivity contribution < 1.29 is 13.2 Å². The number of rotatable bonds is 6. The molecule has 0 atom stereocenters. The van der Waals surface area contributed by atoms with Crippen LogP contribution in [0.1, 0.15) is 12.8 Å². The van der Waals surface area contributed by atoms with Crippen LogP contribution >= 0.6 is 0 Å². The Balaban J connectivity index is 2.65. The lowest BCUT2D eigenvalue weighted by molar-refractivity contribution is -0.116. The van der Waals surface area contributed by atoms with Gasteiger partial charge in [-0.25, -0.2) is 8.42 Å². The Labute approximate surface area is 108 Å². The van der Waals surface area contributed by atoms with Crippen LogP contribution in [0.5, 0.6) is 0 Å². The fraction of sp³-hybridized carbons (Fsp3) is 0.417. The zero-order valence-electron chi connectivity index (χ0n) is 10.6. The van der Waals surface area contributed by atoms with E-state index in [1.165, 1.54) is 12.1 Å². The molecule has 0 aliphatic rings. The third-order valence-electron chi connectivity index (χ3n) is 2.38. The monoisotopic (exact) mass is 270 g/mol. The van der Waals surface area contributed by atoms with E-state index in [1.54, 1.807) is 12.1 Å². The van der Waals surface area contributed by atoms with E-state index >= 15 is 0 Å². The van der Waals surface area contributed by atoms with Gasteiger partial charge in [-0.15, -0.1) is 0 Å². The fourth-order valence-corrected chi connectivity index (χ4v) is 2.12. The van der Waals surface area contributed by atoms with Crippen LogP contribution in [0.25, 0.3) is 0 Å². The maximum atomic E-state index is 11.6. The molecule has 0 spiro atoms. The number of sulfone groups is 1. The van der Waals surface area contributed by atoms with E-state index < -0.39 is 9.84 Å². The zero-order valence-corrected chi connectivity index (χ0v) is 11.4. The molecule has 0 saturated heterocycles. The van der Waals surface area contributed by atoms with Crippen molar-refractivity contribution in [1.82, 2.24) is 5.32 Å². The molecule has 0 aliphatic heterocycles. The summed E-state index contributed by atoms with van der Waals surface area (Å²) in [6, 6.07) is 6.25. The first-order chi connectivity index (χ1) is 8.43. The summed E-state index contributed by atoms with van der Waals surface area (Å²) >= 11 is 0. The van der Waals surface area contributed by atoms with Crippen LogP contribution in [0.4, 0.5) is 5.69 Å². The van der Waals surface area contributed by atoms with Gasteiger partial charge in [0.05, 0.1) is 4.90 Å². The summed E-state index contributed by atoms with van der Waals surface area (Å²) in [5, 5.41) is 5.64. The number of nitrogens with one attached hydrogen (secondary N) is 2. The molecule has 100 valence electrons. The van der Waals surface area contributed by atoms with Crippen LogP contribution in [-0.4, -0.2) is 34.2 Å². The third-order valence-corrected chi connectivity index (χ3v) is 3.49. The highest BCUT2D eigenvalue weighted by atomic mass is 32.2. The third kappa shape index (κ3) is 4.85. The van der Waals surface area contributed by atoms with Gasteiger partial charge in [0.15, 0.2) is 9.84 Å². The van der Waals surface area contributed by atoms with E-state index in [0.717, 1.165) is 19.2 Å². The van der Waals surface area contributed by atoms with Gasteiger partial charge in [0.2, 0.25) is 5.91 Å². The first kappa shape index (κ1) is 14.7. The second-order valence-electron chi connectivity index (χ2n) is 4.06. The topological polar surface area (TPSA) is 75.3 Å². The van der Waals surface area contributed by atoms with Gasteiger partial charge in [-0.1, -0.05) is 6.07 Å². The first-order valence-electron chi connectivity index (χ1n) is 5.68. The molecule has 1 rings (SSSR count). The van der Waals surface area contributed by atoms with Crippen molar-refractivity contribution in [1.29, 1.82) is 0 Å². The summed E-state index contributed by atoms with van der Waals surface area (Å²) in [7, 11) is -1.42. The molecule has 0 bridgehead atoms. The van der Waals surface area contributed by atoms with Gasteiger partial charge in [0, 0.05) is 18.4 Å². The number of anilines is 1. The van der Waals surface area contributed by atoms with Gasteiger partial charge in [-0.05, 0) is 38.2 Å². The summed E-state index contributed by atoms with van der Waals surface area (Å²) in [5.74, 6) is -0.115. The molecule has 0 saturated carbocycles. The summed E-state index contributed by atoms with van der Waals surface area (Å²) in [6.07, 6.45) is 2.29. The van der Waals surface area contributed by atoms with Crippen LogP contribution in [0.15, 0.2) is 29.2 Å². The number of carbonyl (C=O) groups is 1. The molecular formula is C12H18N2O3S. The number of carbonyl (C=O) groups excluding carboxylic acids is 1. The summed E-state index contributed by atoms with van der Waals surface area (Å²) in [5.41, 5.74) is 0.507. The van der Waals surface area contributed by atoms with Crippen LogP contribution < -0.4 is 10.6 Å². The molecule has 0 fully saturated rings. The molecule has 18 heavy (non-hydrogen) atoms. The van der Waals surface area contributed by atoms with Crippen molar-refractivity contribution in [3.63, 3.8) is 0 Å². The maximum Gasteiger partial charge on any atom is 0.224 e. The van der Waals surface area contributed by atoms with Gasteiger partial charge in [0.1, 0.15) is 0 Å². The summed E-state index contributed by atoms with van der Waals surface area (Å²) in [6.45, 7) is 0.775. The summed E-state index contributed by atoms with van der Waals surface area (Å²) < 4.78 is 22.7. The second kappa shape index (κ2) is 6.51. The van der Waals surface area contributed by atoms with Crippen molar-refractivity contribution in [3.8, 4) is 0 Å². The average molecular weight is 270 g/mol. The molecule has 1 amide bonds. The molecule has 0 aliphatic carbocycles. The quantitative estimate of drug-likeness (QED) is 0.757. The molecule has 5 nitrogen and oxygen atoms in total. The van der Waals surface area contributed by atoms with Crippen molar-refractivity contribution in [3.05, 3.63) is 24.3 Å². The lowest BCUT2D eigenvalue weighted by atomic mass is 10.2. The molecule has 0 aromatic heterocycles. The smallest absolute Gasteiger partial charge is 0.224 e. The minimum atomic E-state index is -3.24. The van der Waals surface area contributed by atoms with E-state index in [1.807, 2.05) is 7.05 Å². The van der Waals surface area contributed by atoms with Crippen molar-refractivity contribution >= 4 is 21.4 Å². The Bertz CT molecular complexity index is 512. The molecule has 1 aromatic carbocycles. The minimum absolute atomic E-state index is 0.115. The van der Waals surface area contributed by atoms with Gasteiger partial charge in [-0.3, -0.25) is 4.79 Å². The standard InChI is InChI=1S/C12H18N2O3S/c1-13-8-4-7-12(15)14-10-5-3-6-11(9-10)18(2,16)17/h3,5-6,9,13H,4,7-8H2,1-2H3,(H,14,15). The summed E-state index contributed by atoms with van der Waals surface area (Å²) in [4.78, 5) is 11.8.